The summed E-state index contributed by atoms with van der Waals surface area (Å²) in [6, 6.07) is 5.52. The third-order valence-corrected chi connectivity index (χ3v) is 3.70. The molecule has 0 radical (unpaired) electrons. The van der Waals surface area contributed by atoms with Gasteiger partial charge in [0.25, 0.3) is 5.91 Å². The predicted octanol–water partition coefficient (Wildman–Crippen LogP) is 1.30. The van der Waals surface area contributed by atoms with Crippen LogP contribution in [0.1, 0.15) is 17.3 Å². The SMILES string of the molecule is CC(CN1CCN(C(=O)c2ccc(F)cc2)CC1)C(=O)O. The Kier molecular flexibility index (Phi) is 4.90. The highest BCUT2D eigenvalue weighted by atomic mass is 19.1. The number of amides is 1. The van der Waals surface area contributed by atoms with Gasteiger partial charge in [-0.15, -0.1) is 0 Å². The number of carboxylic acids is 1. The van der Waals surface area contributed by atoms with Crippen LogP contribution < -0.4 is 0 Å². The third kappa shape index (κ3) is 4.01. The number of benzene rings is 1. The second-order valence-corrected chi connectivity index (χ2v) is 5.34. The molecular weight excluding hydrogens is 275 g/mol. The van der Waals surface area contributed by atoms with Crippen LogP contribution in [0.3, 0.4) is 0 Å². The van der Waals surface area contributed by atoms with Gasteiger partial charge in [-0.25, -0.2) is 4.39 Å². The molecule has 6 heteroatoms. The Balaban J connectivity index is 1.87. The van der Waals surface area contributed by atoms with Gasteiger partial charge in [0.05, 0.1) is 5.92 Å². The standard InChI is InChI=1S/C15H19FN2O3/c1-11(15(20)21)10-17-6-8-18(9-7-17)14(19)12-2-4-13(16)5-3-12/h2-5,11H,6-10H2,1H3,(H,20,21). The van der Waals surface area contributed by atoms with Crippen LogP contribution in [-0.4, -0.2) is 59.5 Å². The van der Waals surface area contributed by atoms with Crippen LogP contribution in [-0.2, 0) is 4.79 Å². The monoisotopic (exact) mass is 294 g/mol. The van der Waals surface area contributed by atoms with Crippen molar-refractivity contribution in [2.24, 2.45) is 5.92 Å². The van der Waals surface area contributed by atoms with E-state index in [1.54, 1.807) is 11.8 Å². The summed E-state index contributed by atoms with van der Waals surface area (Å²) in [6.07, 6.45) is 0. The molecule has 2 rings (SSSR count). The first-order valence-electron chi connectivity index (χ1n) is 6.97. The Hall–Kier alpha value is -1.95. The zero-order valence-electron chi connectivity index (χ0n) is 12.0. The normalized spacial score (nSPS) is 17.5. The molecule has 0 saturated carbocycles. The molecule has 0 aliphatic carbocycles. The minimum atomic E-state index is -0.806. The van der Waals surface area contributed by atoms with Crippen molar-refractivity contribution < 1.29 is 19.1 Å². The van der Waals surface area contributed by atoms with Crippen LogP contribution in [0.25, 0.3) is 0 Å². The lowest BCUT2D eigenvalue weighted by Gasteiger charge is -2.35. The molecule has 1 heterocycles. The maximum Gasteiger partial charge on any atom is 0.307 e. The molecule has 1 N–H and O–H groups in total. The maximum absolute atomic E-state index is 12.9. The highest BCUT2D eigenvalue weighted by Gasteiger charge is 2.24. The van der Waals surface area contributed by atoms with Gasteiger partial charge in [-0.1, -0.05) is 6.92 Å². The number of aliphatic carboxylic acids is 1. The summed E-state index contributed by atoms with van der Waals surface area (Å²) < 4.78 is 12.9. The van der Waals surface area contributed by atoms with E-state index in [-0.39, 0.29) is 11.7 Å². The number of hydrogen-bond donors (Lipinski definition) is 1. The Morgan fingerprint density at radius 1 is 1.19 bits per heavy atom. The fourth-order valence-electron chi connectivity index (χ4n) is 2.37. The Morgan fingerprint density at radius 3 is 2.29 bits per heavy atom. The summed E-state index contributed by atoms with van der Waals surface area (Å²) in [7, 11) is 0. The van der Waals surface area contributed by atoms with Crippen LogP contribution in [0.2, 0.25) is 0 Å². The van der Waals surface area contributed by atoms with Crippen molar-refractivity contribution in [1.82, 2.24) is 9.80 Å². The van der Waals surface area contributed by atoms with Crippen molar-refractivity contribution in [2.45, 2.75) is 6.92 Å². The van der Waals surface area contributed by atoms with Gasteiger partial charge < -0.3 is 10.0 Å². The second kappa shape index (κ2) is 6.67. The molecular formula is C15H19FN2O3. The van der Waals surface area contributed by atoms with Crippen LogP contribution in [0.5, 0.6) is 0 Å². The van der Waals surface area contributed by atoms with Gasteiger partial charge in [-0.2, -0.15) is 0 Å². The van der Waals surface area contributed by atoms with E-state index >= 15 is 0 Å². The highest BCUT2D eigenvalue weighted by Crippen LogP contribution is 2.11. The molecule has 114 valence electrons. The van der Waals surface area contributed by atoms with E-state index in [1.807, 2.05) is 4.90 Å². The summed E-state index contributed by atoms with van der Waals surface area (Å²) in [6.45, 7) is 4.60. The Morgan fingerprint density at radius 2 is 1.76 bits per heavy atom. The first kappa shape index (κ1) is 15.4. The van der Waals surface area contributed by atoms with E-state index in [4.69, 9.17) is 5.11 Å². The number of rotatable bonds is 4. The van der Waals surface area contributed by atoms with Gasteiger partial charge in [-0.3, -0.25) is 14.5 Å². The molecule has 1 unspecified atom stereocenters. The van der Waals surface area contributed by atoms with E-state index in [0.29, 0.717) is 38.3 Å². The van der Waals surface area contributed by atoms with Crippen LogP contribution >= 0.6 is 0 Å². The van der Waals surface area contributed by atoms with Crippen molar-refractivity contribution in [1.29, 1.82) is 0 Å². The zero-order valence-corrected chi connectivity index (χ0v) is 12.0. The number of carbonyl (C=O) groups excluding carboxylic acids is 1. The average molecular weight is 294 g/mol. The van der Waals surface area contributed by atoms with Gasteiger partial charge in [0.1, 0.15) is 5.82 Å². The highest BCUT2D eigenvalue weighted by molar-refractivity contribution is 5.94. The lowest BCUT2D eigenvalue weighted by molar-refractivity contribution is -0.141. The van der Waals surface area contributed by atoms with Crippen molar-refractivity contribution in [3.63, 3.8) is 0 Å². The van der Waals surface area contributed by atoms with Gasteiger partial charge >= 0.3 is 5.97 Å². The maximum atomic E-state index is 12.9. The lowest BCUT2D eigenvalue weighted by Crippen LogP contribution is -2.50. The van der Waals surface area contributed by atoms with E-state index in [1.165, 1.54) is 24.3 Å². The van der Waals surface area contributed by atoms with Crippen LogP contribution in [0.15, 0.2) is 24.3 Å². The zero-order chi connectivity index (χ0) is 15.4. The van der Waals surface area contributed by atoms with Crippen molar-refractivity contribution in [3.8, 4) is 0 Å². The molecule has 1 aliphatic rings. The number of carboxylic acid groups (broad SMARTS) is 1. The largest absolute Gasteiger partial charge is 0.481 e. The van der Waals surface area contributed by atoms with E-state index < -0.39 is 11.9 Å². The molecule has 1 aliphatic heterocycles. The molecule has 21 heavy (non-hydrogen) atoms. The van der Waals surface area contributed by atoms with Crippen molar-refractivity contribution in [2.75, 3.05) is 32.7 Å². The van der Waals surface area contributed by atoms with Crippen LogP contribution in [0, 0.1) is 11.7 Å². The van der Waals surface area contributed by atoms with Gasteiger partial charge in [0, 0.05) is 38.3 Å². The summed E-state index contributed by atoms with van der Waals surface area (Å²) in [5, 5.41) is 8.90. The fraction of sp³-hybridized carbons (Fsp3) is 0.467. The van der Waals surface area contributed by atoms with Gasteiger partial charge in [-0.05, 0) is 24.3 Å². The topological polar surface area (TPSA) is 60.9 Å². The number of halogens is 1. The van der Waals surface area contributed by atoms with Crippen molar-refractivity contribution in [3.05, 3.63) is 35.6 Å². The molecule has 1 aromatic carbocycles. The molecule has 1 aromatic rings. The Bertz CT molecular complexity index is 510. The van der Waals surface area contributed by atoms with Gasteiger partial charge in [0.15, 0.2) is 0 Å². The summed E-state index contributed by atoms with van der Waals surface area (Å²) in [5.41, 5.74) is 0.476. The third-order valence-electron chi connectivity index (χ3n) is 3.70. The number of carbonyl (C=O) groups is 2. The first-order valence-corrected chi connectivity index (χ1v) is 6.97. The number of piperazine rings is 1. The summed E-state index contributed by atoms with van der Waals surface area (Å²) in [4.78, 5) is 26.8. The van der Waals surface area contributed by atoms with E-state index in [0.717, 1.165) is 0 Å². The van der Waals surface area contributed by atoms with E-state index in [2.05, 4.69) is 0 Å². The molecule has 0 aromatic heterocycles. The Labute approximate surface area is 123 Å². The summed E-state index contributed by atoms with van der Waals surface area (Å²) in [5.74, 6) is -1.69. The van der Waals surface area contributed by atoms with Crippen LogP contribution in [0.4, 0.5) is 4.39 Å². The smallest absolute Gasteiger partial charge is 0.307 e. The summed E-state index contributed by atoms with van der Waals surface area (Å²) >= 11 is 0. The first-order chi connectivity index (χ1) is 9.97. The van der Waals surface area contributed by atoms with Crippen molar-refractivity contribution >= 4 is 11.9 Å². The van der Waals surface area contributed by atoms with Gasteiger partial charge in [0.2, 0.25) is 0 Å². The number of nitrogens with zero attached hydrogens (tertiary/aromatic N) is 2. The molecule has 0 bridgehead atoms. The minimum absolute atomic E-state index is 0.110. The molecule has 1 amide bonds. The average Bonchev–Trinajstić information content (AvgIpc) is 2.48. The molecule has 1 atom stereocenters. The molecule has 1 fully saturated rings. The molecule has 5 nitrogen and oxygen atoms in total. The van der Waals surface area contributed by atoms with E-state index in [9.17, 15) is 14.0 Å². The fourth-order valence-corrected chi connectivity index (χ4v) is 2.37. The second-order valence-electron chi connectivity index (χ2n) is 5.34. The molecule has 1 saturated heterocycles. The molecule has 0 spiro atoms. The quantitative estimate of drug-likeness (QED) is 0.909. The minimum Gasteiger partial charge on any atom is -0.481 e. The predicted molar refractivity (Wildman–Crippen MR) is 75.5 cm³/mol. The number of hydrogen-bond acceptors (Lipinski definition) is 3. The lowest BCUT2D eigenvalue weighted by atomic mass is 10.1.